The monoisotopic (exact) mass is 315 g/mol. The van der Waals surface area contributed by atoms with Gasteiger partial charge in [0.2, 0.25) is 0 Å². The first kappa shape index (κ1) is 19.4. The summed E-state index contributed by atoms with van der Waals surface area (Å²) in [5.41, 5.74) is 0. The highest BCUT2D eigenvalue weighted by Crippen LogP contribution is 2.48. The van der Waals surface area contributed by atoms with Gasteiger partial charge in [0.15, 0.2) is 0 Å². The molecule has 6 nitrogen and oxygen atoms in total. The third kappa shape index (κ3) is 11.9. The Hall–Kier alpha value is 0.380. The molecule has 0 bridgehead atoms. The molecule has 0 spiro atoms. The number of thiol groups is 1. The first-order valence-electron chi connectivity index (χ1n) is 6.40. The van der Waals surface area contributed by atoms with E-state index in [1.54, 1.807) is 0 Å². The third-order valence-corrected chi connectivity index (χ3v) is 4.04. The standard InChI is InChI=1S/C11H27N2O4PS/c1-13(2,3)8-10-17-18(14,15-4)16-9-7-12-6-5-11-19/h12H,5-11H2,1-4H3/p+1. The number of quaternary nitrogens is 1. The lowest BCUT2D eigenvalue weighted by Crippen LogP contribution is -2.37. The van der Waals surface area contributed by atoms with Crippen LogP contribution < -0.4 is 5.32 Å². The van der Waals surface area contributed by atoms with E-state index in [0.29, 0.717) is 19.8 Å². The molecule has 0 radical (unpaired) electrons. The summed E-state index contributed by atoms with van der Waals surface area (Å²) in [6, 6.07) is 0. The van der Waals surface area contributed by atoms with Crippen LogP contribution in [-0.2, 0) is 18.1 Å². The van der Waals surface area contributed by atoms with E-state index in [1.807, 2.05) is 21.1 Å². The molecule has 19 heavy (non-hydrogen) atoms. The molecule has 1 N–H and O–H groups in total. The maximum atomic E-state index is 12.0. The zero-order valence-corrected chi connectivity index (χ0v) is 14.2. The Labute approximate surface area is 122 Å². The summed E-state index contributed by atoms with van der Waals surface area (Å²) in [5.74, 6) is 0.846. The molecular weight excluding hydrogens is 287 g/mol. The summed E-state index contributed by atoms with van der Waals surface area (Å²) in [5, 5.41) is 3.15. The summed E-state index contributed by atoms with van der Waals surface area (Å²) in [6.45, 7) is 2.84. The largest absolute Gasteiger partial charge is 0.474 e. The van der Waals surface area contributed by atoms with Crippen molar-refractivity contribution in [3.8, 4) is 0 Å². The lowest BCUT2D eigenvalue weighted by Gasteiger charge is -2.24. The highest BCUT2D eigenvalue weighted by molar-refractivity contribution is 7.80. The molecule has 0 aliphatic carbocycles. The van der Waals surface area contributed by atoms with E-state index >= 15 is 0 Å². The van der Waals surface area contributed by atoms with Crippen LogP contribution in [0, 0.1) is 0 Å². The molecule has 116 valence electrons. The summed E-state index contributed by atoms with van der Waals surface area (Å²) < 4.78 is 28.1. The Bertz CT molecular complexity index is 274. The van der Waals surface area contributed by atoms with E-state index in [1.165, 1.54) is 7.11 Å². The topological polar surface area (TPSA) is 56.8 Å². The maximum Gasteiger partial charge on any atom is 0.474 e. The molecule has 0 aromatic heterocycles. The molecular formula is C11H28N2O4PS+. The van der Waals surface area contributed by atoms with Crippen LogP contribution in [0.4, 0.5) is 0 Å². The van der Waals surface area contributed by atoms with Crippen molar-refractivity contribution in [1.29, 1.82) is 0 Å². The number of phosphoric acid groups is 1. The molecule has 0 fully saturated rings. The number of nitrogens with one attached hydrogen (secondary N) is 1. The van der Waals surface area contributed by atoms with Gasteiger partial charge in [-0.2, -0.15) is 12.6 Å². The van der Waals surface area contributed by atoms with Gasteiger partial charge in [-0.05, 0) is 18.7 Å². The fraction of sp³-hybridized carbons (Fsp3) is 1.00. The second-order valence-electron chi connectivity index (χ2n) is 5.14. The van der Waals surface area contributed by atoms with Crippen LogP contribution in [0.2, 0.25) is 0 Å². The van der Waals surface area contributed by atoms with Crippen molar-refractivity contribution in [2.45, 2.75) is 6.42 Å². The van der Waals surface area contributed by atoms with Crippen LogP contribution in [0.25, 0.3) is 0 Å². The Morgan fingerprint density at radius 3 is 2.32 bits per heavy atom. The van der Waals surface area contributed by atoms with Crippen molar-refractivity contribution in [3.63, 3.8) is 0 Å². The summed E-state index contributed by atoms with van der Waals surface area (Å²) >= 11 is 4.11. The van der Waals surface area contributed by atoms with E-state index in [0.717, 1.165) is 29.7 Å². The molecule has 0 saturated carbocycles. The average Bonchev–Trinajstić information content (AvgIpc) is 2.32. The smallest absolute Gasteiger partial charge is 0.329 e. The SMILES string of the molecule is COP(=O)(OCCNCCCS)OCC[N+](C)(C)C. The van der Waals surface area contributed by atoms with Gasteiger partial charge in [-0.15, -0.1) is 0 Å². The predicted octanol–water partition coefficient (Wildman–Crippen LogP) is 1.39. The first-order valence-corrected chi connectivity index (χ1v) is 8.49. The van der Waals surface area contributed by atoms with Crippen LogP contribution >= 0.6 is 20.5 Å². The van der Waals surface area contributed by atoms with Crippen LogP contribution in [0.1, 0.15) is 6.42 Å². The van der Waals surface area contributed by atoms with Gasteiger partial charge in [0, 0.05) is 13.7 Å². The Kier molecular flexibility index (Phi) is 10.4. The van der Waals surface area contributed by atoms with Gasteiger partial charge in [0.05, 0.1) is 27.7 Å². The highest BCUT2D eigenvalue weighted by Gasteiger charge is 2.25. The normalized spacial score (nSPS) is 15.4. The molecule has 0 heterocycles. The van der Waals surface area contributed by atoms with Gasteiger partial charge < -0.3 is 9.80 Å². The molecule has 0 amide bonds. The summed E-state index contributed by atoms with van der Waals surface area (Å²) in [6.07, 6.45) is 0.991. The van der Waals surface area contributed by atoms with Crippen molar-refractivity contribution in [1.82, 2.24) is 5.32 Å². The van der Waals surface area contributed by atoms with Gasteiger partial charge >= 0.3 is 7.82 Å². The summed E-state index contributed by atoms with van der Waals surface area (Å²) in [4.78, 5) is 0. The number of hydrogen-bond donors (Lipinski definition) is 2. The minimum Gasteiger partial charge on any atom is -0.329 e. The average molecular weight is 315 g/mol. The Balaban J connectivity index is 3.80. The molecule has 0 aliphatic heterocycles. The number of likely N-dealkylation sites (N-methyl/N-ethyl adjacent to an activating group) is 1. The molecule has 1 atom stereocenters. The minimum absolute atomic E-state index is 0.294. The van der Waals surface area contributed by atoms with Crippen LogP contribution in [0.3, 0.4) is 0 Å². The van der Waals surface area contributed by atoms with E-state index in [9.17, 15) is 4.57 Å². The fourth-order valence-electron chi connectivity index (χ4n) is 1.13. The Morgan fingerprint density at radius 1 is 1.16 bits per heavy atom. The zero-order valence-electron chi connectivity index (χ0n) is 12.4. The zero-order chi connectivity index (χ0) is 14.8. The molecule has 1 unspecified atom stereocenters. The van der Waals surface area contributed by atoms with Crippen molar-refractivity contribution < 1.29 is 22.6 Å². The number of hydrogen-bond acceptors (Lipinski definition) is 6. The van der Waals surface area contributed by atoms with Crippen molar-refractivity contribution in [2.24, 2.45) is 0 Å². The van der Waals surface area contributed by atoms with Crippen molar-refractivity contribution in [2.75, 3.05) is 66.9 Å². The van der Waals surface area contributed by atoms with Crippen molar-refractivity contribution >= 4 is 20.5 Å². The maximum absolute atomic E-state index is 12.0. The predicted molar refractivity (Wildman–Crippen MR) is 80.8 cm³/mol. The fourth-order valence-corrected chi connectivity index (χ4v) is 2.19. The van der Waals surface area contributed by atoms with Gasteiger partial charge in [0.25, 0.3) is 0 Å². The molecule has 0 saturated heterocycles. The van der Waals surface area contributed by atoms with Gasteiger partial charge in [-0.3, -0.25) is 13.6 Å². The van der Waals surface area contributed by atoms with Crippen LogP contribution in [0.5, 0.6) is 0 Å². The molecule has 0 aliphatic rings. The van der Waals surface area contributed by atoms with Crippen molar-refractivity contribution in [3.05, 3.63) is 0 Å². The van der Waals surface area contributed by atoms with E-state index in [2.05, 4.69) is 17.9 Å². The highest BCUT2D eigenvalue weighted by atomic mass is 32.1. The second kappa shape index (κ2) is 10.2. The minimum atomic E-state index is -3.41. The summed E-state index contributed by atoms with van der Waals surface area (Å²) in [7, 11) is 4.03. The number of nitrogens with zero attached hydrogens (tertiary/aromatic N) is 1. The van der Waals surface area contributed by atoms with Crippen LogP contribution in [0.15, 0.2) is 0 Å². The molecule has 0 aromatic rings. The van der Waals surface area contributed by atoms with Gasteiger partial charge in [-0.1, -0.05) is 0 Å². The molecule has 0 rings (SSSR count). The third-order valence-electron chi connectivity index (χ3n) is 2.28. The van der Waals surface area contributed by atoms with E-state index < -0.39 is 7.82 Å². The number of phosphoric ester groups is 1. The number of rotatable bonds is 12. The van der Waals surface area contributed by atoms with E-state index in [4.69, 9.17) is 13.6 Å². The van der Waals surface area contributed by atoms with Crippen LogP contribution in [-0.4, -0.2) is 71.3 Å². The first-order chi connectivity index (χ1) is 8.83. The quantitative estimate of drug-likeness (QED) is 0.247. The Morgan fingerprint density at radius 2 is 1.79 bits per heavy atom. The second-order valence-corrected chi connectivity index (χ2v) is 7.36. The van der Waals surface area contributed by atoms with E-state index in [-0.39, 0.29) is 0 Å². The molecule has 0 aromatic carbocycles. The van der Waals surface area contributed by atoms with Gasteiger partial charge in [-0.25, -0.2) is 4.57 Å². The molecule has 8 heteroatoms. The lowest BCUT2D eigenvalue weighted by atomic mass is 10.5. The lowest BCUT2D eigenvalue weighted by molar-refractivity contribution is -0.870. The van der Waals surface area contributed by atoms with Gasteiger partial charge in [0.1, 0.15) is 13.2 Å².